The van der Waals surface area contributed by atoms with Crippen LogP contribution in [0.4, 0.5) is 0 Å². The molecule has 2 fully saturated rings. The number of hydrogen-bond donors (Lipinski definition) is 1. The first-order valence-electron chi connectivity index (χ1n) is 10.9. The molecular weight excluding hydrogens is 352 g/mol. The normalized spacial score (nSPS) is 26.4. The second kappa shape index (κ2) is 9.94. The van der Waals surface area contributed by atoms with Crippen LogP contribution >= 0.6 is 0 Å². The minimum atomic E-state index is 0.246. The van der Waals surface area contributed by atoms with Gasteiger partial charge in [-0.15, -0.1) is 0 Å². The summed E-state index contributed by atoms with van der Waals surface area (Å²) in [6, 6.07) is 0.772. The number of guanidine groups is 1. The van der Waals surface area contributed by atoms with Crippen molar-refractivity contribution < 1.29 is 4.79 Å². The molecule has 156 valence electrons. The van der Waals surface area contributed by atoms with Crippen LogP contribution in [-0.2, 0) is 4.79 Å². The zero-order chi connectivity index (χ0) is 19.9. The van der Waals surface area contributed by atoms with E-state index < -0.39 is 0 Å². The summed E-state index contributed by atoms with van der Waals surface area (Å²) in [5.74, 6) is 1.78. The number of nitrogens with one attached hydrogen (secondary N) is 1. The third-order valence-electron chi connectivity index (χ3n) is 6.17. The Kier molecular flexibility index (Phi) is 7.34. The predicted octanol–water partition coefficient (Wildman–Crippen LogP) is 2.52. The predicted molar refractivity (Wildman–Crippen MR) is 112 cm³/mol. The lowest BCUT2D eigenvalue weighted by Crippen LogP contribution is -2.49. The van der Waals surface area contributed by atoms with E-state index in [2.05, 4.69) is 40.5 Å². The Morgan fingerprint density at radius 3 is 2.82 bits per heavy atom. The molecule has 3 unspecified atom stereocenters. The van der Waals surface area contributed by atoms with Gasteiger partial charge in [0.15, 0.2) is 5.96 Å². The first-order chi connectivity index (χ1) is 13.6. The number of likely N-dealkylation sites (tertiary alicyclic amines) is 2. The Labute approximate surface area is 169 Å². The maximum Gasteiger partial charge on any atom is 0.224 e. The number of piperidine rings is 2. The summed E-state index contributed by atoms with van der Waals surface area (Å²) in [4.78, 5) is 26.0. The maximum absolute atomic E-state index is 12.6. The molecule has 0 radical (unpaired) electrons. The van der Waals surface area contributed by atoms with Gasteiger partial charge >= 0.3 is 0 Å². The molecule has 0 bridgehead atoms. The number of aliphatic imine (C=N–C) groups is 1. The molecule has 7 heteroatoms. The molecular formula is C21H36N6O. The molecule has 7 nitrogen and oxygen atoms in total. The highest BCUT2D eigenvalue weighted by Crippen LogP contribution is 2.27. The van der Waals surface area contributed by atoms with Crippen LogP contribution in [0.25, 0.3) is 0 Å². The van der Waals surface area contributed by atoms with Gasteiger partial charge < -0.3 is 19.7 Å². The Morgan fingerprint density at radius 2 is 2.11 bits per heavy atom. The van der Waals surface area contributed by atoms with Crippen LogP contribution in [-0.4, -0.2) is 70.0 Å². The molecule has 0 spiro atoms. The van der Waals surface area contributed by atoms with Crippen LogP contribution in [0.2, 0.25) is 0 Å². The topological polar surface area (TPSA) is 65.8 Å². The van der Waals surface area contributed by atoms with Gasteiger partial charge in [0.25, 0.3) is 0 Å². The molecule has 3 heterocycles. The molecule has 3 atom stereocenters. The molecule has 0 saturated carbocycles. The summed E-state index contributed by atoms with van der Waals surface area (Å²) in [6.45, 7) is 10.8. The van der Waals surface area contributed by atoms with E-state index in [1.807, 2.05) is 23.6 Å². The van der Waals surface area contributed by atoms with Crippen molar-refractivity contribution in [1.82, 2.24) is 24.7 Å². The SMILES string of the molecule is CCNC(=NCCC(=O)N1CCCCC1C)N1CCC(C)C(n2ccnc2)C1. The van der Waals surface area contributed by atoms with E-state index in [1.165, 1.54) is 6.42 Å². The third-order valence-corrected chi connectivity index (χ3v) is 6.17. The zero-order valence-corrected chi connectivity index (χ0v) is 17.7. The smallest absolute Gasteiger partial charge is 0.224 e. The number of rotatable bonds is 5. The summed E-state index contributed by atoms with van der Waals surface area (Å²) < 4.78 is 2.21. The molecule has 3 rings (SSSR count). The Morgan fingerprint density at radius 1 is 1.25 bits per heavy atom. The van der Waals surface area contributed by atoms with E-state index >= 15 is 0 Å². The molecule has 28 heavy (non-hydrogen) atoms. The summed E-state index contributed by atoms with van der Waals surface area (Å²) in [5, 5.41) is 3.42. The van der Waals surface area contributed by atoms with Crippen molar-refractivity contribution in [3.63, 3.8) is 0 Å². The van der Waals surface area contributed by atoms with Gasteiger partial charge in [-0.25, -0.2) is 4.98 Å². The van der Waals surface area contributed by atoms with Gasteiger partial charge in [0.1, 0.15) is 0 Å². The lowest BCUT2D eigenvalue weighted by atomic mass is 9.93. The van der Waals surface area contributed by atoms with Crippen LogP contribution in [0.5, 0.6) is 0 Å². The average Bonchev–Trinajstić information content (AvgIpc) is 3.22. The monoisotopic (exact) mass is 388 g/mol. The Bertz CT molecular complexity index is 643. The van der Waals surface area contributed by atoms with Crippen molar-refractivity contribution in [1.29, 1.82) is 0 Å². The standard InChI is InChI=1S/C21H36N6O/c1-4-23-21(24-10-8-20(28)27-12-6-5-7-18(27)3)25-13-9-17(2)19(15-25)26-14-11-22-16-26/h11,14,16-19H,4-10,12-13,15H2,1-3H3,(H,23,24). The molecule has 2 aliphatic heterocycles. The first kappa shape index (κ1) is 20.7. The number of carbonyl (C=O) groups excluding carboxylic acids is 1. The number of carbonyl (C=O) groups is 1. The zero-order valence-electron chi connectivity index (χ0n) is 17.7. The minimum Gasteiger partial charge on any atom is -0.357 e. The molecule has 1 aromatic rings. The van der Waals surface area contributed by atoms with Crippen LogP contribution in [0.3, 0.4) is 0 Å². The van der Waals surface area contributed by atoms with Gasteiger partial charge in [0.05, 0.1) is 18.9 Å². The van der Waals surface area contributed by atoms with E-state index in [4.69, 9.17) is 4.99 Å². The number of amides is 1. The molecule has 0 aromatic carbocycles. The van der Waals surface area contributed by atoms with Crippen molar-refractivity contribution in [3.05, 3.63) is 18.7 Å². The number of hydrogen-bond acceptors (Lipinski definition) is 3. The van der Waals surface area contributed by atoms with Gasteiger partial charge in [-0.05, 0) is 45.4 Å². The second-order valence-corrected chi connectivity index (χ2v) is 8.21. The minimum absolute atomic E-state index is 0.246. The molecule has 2 aliphatic rings. The largest absolute Gasteiger partial charge is 0.357 e. The number of nitrogens with zero attached hydrogens (tertiary/aromatic N) is 5. The first-order valence-corrected chi connectivity index (χ1v) is 10.9. The highest BCUT2D eigenvalue weighted by molar-refractivity contribution is 5.81. The van der Waals surface area contributed by atoms with Gasteiger partial charge in [-0.1, -0.05) is 6.92 Å². The Hall–Kier alpha value is -2.05. The van der Waals surface area contributed by atoms with Gasteiger partial charge in [-0.2, -0.15) is 0 Å². The molecule has 1 N–H and O–H groups in total. The lowest BCUT2D eigenvalue weighted by Gasteiger charge is -2.39. The van der Waals surface area contributed by atoms with Gasteiger partial charge in [0, 0.05) is 51.0 Å². The molecule has 0 aliphatic carbocycles. The van der Waals surface area contributed by atoms with E-state index in [1.54, 1.807) is 0 Å². The van der Waals surface area contributed by atoms with Gasteiger partial charge in [0.2, 0.25) is 5.91 Å². The van der Waals surface area contributed by atoms with E-state index in [0.29, 0.717) is 31.0 Å². The fourth-order valence-corrected chi connectivity index (χ4v) is 4.39. The summed E-state index contributed by atoms with van der Waals surface area (Å²) in [7, 11) is 0. The van der Waals surface area contributed by atoms with Crippen molar-refractivity contribution in [2.75, 3.05) is 32.7 Å². The third kappa shape index (κ3) is 5.06. The highest BCUT2D eigenvalue weighted by Gasteiger charge is 2.29. The number of imidazole rings is 1. The fourth-order valence-electron chi connectivity index (χ4n) is 4.39. The van der Waals surface area contributed by atoms with E-state index in [-0.39, 0.29) is 5.91 Å². The summed E-state index contributed by atoms with van der Waals surface area (Å²) in [6.07, 6.45) is 10.9. The second-order valence-electron chi connectivity index (χ2n) is 8.21. The maximum atomic E-state index is 12.6. The van der Waals surface area contributed by atoms with E-state index in [9.17, 15) is 4.79 Å². The number of aromatic nitrogens is 2. The van der Waals surface area contributed by atoms with Crippen molar-refractivity contribution >= 4 is 11.9 Å². The highest BCUT2D eigenvalue weighted by atomic mass is 16.2. The van der Waals surface area contributed by atoms with Crippen molar-refractivity contribution in [3.8, 4) is 0 Å². The van der Waals surface area contributed by atoms with Crippen LogP contribution in [0, 0.1) is 5.92 Å². The summed E-state index contributed by atoms with van der Waals surface area (Å²) >= 11 is 0. The molecule has 2 saturated heterocycles. The van der Waals surface area contributed by atoms with Crippen molar-refractivity contribution in [2.24, 2.45) is 10.9 Å². The Balaban J connectivity index is 1.59. The van der Waals surface area contributed by atoms with Crippen molar-refractivity contribution in [2.45, 2.75) is 65.0 Å². The molecule has 1 aromatic heterocycles. The van der Waals surface area contributed by atoms with Crippen LogP contribution in [0.15, 0.2) is 23.7 Å². The summed E-state index contributed by atoms with van der Waals surface area (Å²) in [5.41, 5.74) is 0. The van der Waals surface area contributed by atoms with Crippen LogP contribution < -0.4 is 5.32 Å². The molecule has 1 amide bonds. The average molecular weight is 389 g/mol. The quantitative estimate of drug-likeness (QED) is 0.622. The fraction of sp³-hybridized carbons (Fsp3) is 0.762. The van der Waals surface area contributed by atoms with Gasteiger partial charge in [-0.3, -0.25) is 9.79 Å². The van der Waals surface area contributed by atoms with E-state index in [0.717, 1.165) is 51.4 Å². The lowest BCUT2D eigenvalue weighted by molar-refractivity contribution is -0.134. The van der Waals surface area contributed by atoms with Crippen LogP contribution in [0.1, 0.15) is 58.9 Å².